The predicted molar refractivity (Wildman–Crippen MR) is 383 cm³/mol. The standard InChI is InChI=1S/C60H77N27O14S4/c1-7-87(8-2)19-9-18-65-52-76-57(70-36-10-14-38(15-11-36)83-85-48-44(104(96,97)98)22-34-20-40(102(90,91)92)24-42(46(34)50(48)88)72-59-78-53(66-26-30(3)61)74-54(79-59)67-27-31(4)62)82-58(77-52)71-37-12-16-39(17-13-37)84-86-49-45(105(99,100)101)23-35-21-41(103(93,94)95)25-43(47(35)51(49)89)73-60-80-55(68-28-32(5)63)75-56(81-60)69-29-33(6)64/h10-17,20-25,30-33,88-89H,7-9,18-19,26-29,61-64H2,1-6H3,(H,90,91,92)(H,93,94,95)(H,96,97,98)(H,99,100,101)(H3,65,70,71,76,77,82)(H3,66,67,72,74,78,79)(H3,68,69,73,75,80,81). The Morgan fingerprint density at radius 1 is 0.457 bits per heavy atom. The van der Waals surface area contributed by atoms with E-state index in [1.807, 2.05) is 13.8 Å². The van der Waals surface area contributed by atoms with Crippen molar-refractivity contribution in [1.82, 2.24) is 49.8 Å². The van der Waals surface area contributed by atoms with Crippen LogP contribution in [-0.2, 0) is 40.5 Å². The first-order chi connectivity index (χ1) is 49.5. The van der Waals surface area contributed by atoms with Crippen molar-refractivity contribution in [2.24, 2.45) is 78.3 Å². The molecule has 0 saturated heterocycles. The Kier molecular flexibility index (Phi) is 24.9. The van der Waals surface area contributed by atoms with Crippen LogP contribution in [-0.4, -0.2) is 188 Å². The van der Waals surface area contributed by atoms with Gasteiger partial charge in [0.25, 0.3) is 46.1 Å². The SMILES string of the molecule is CCN(CC)CCCN=c1nc(Nc2ccc(N=Nc3c(S(=O)(=O)O)cc4cc(S(=O)(=O)O)cc(N=c5[nH]c(=NCC(C)N)[nH]c(=NCC(C)N)[nH]5)c4c3O)cc2)[nH]c(Nc2ccc(N=Nc3c(S(=O)(=O)O)cc4cc(S(=O)(=O)O)cc(N=c5[nH]c(=NCC(C)N)[nH]c(=NCC(C)N)[nH]5)c4c3O)cc2)n1. The molecule has 0 radical (unpaired) electrons. The fourth-order valence-corrected chi connectivity index (χ4v) is 12.1. The molecule has 560 valence electrons. The number of fused-ring (bicyclic) bond motifs is 2. The number of nitrogens with two attached hydrogens (primary N) is 4. The summed E-state index contributed by atoms with van der Waals surface area (Å²) in [5.74, 6) is -1.63. The third kappa shape index (κ3) is 21.5. The Hall–Kier alpha value is -10.7. The number of rotatable bonds is 28. The van der Waals surface area contributed by atoms with Gasteiger partial charge in [-0.1, -0.05) is 13.8 Å². The van der Waals surface area contributed by atoms with Crippen LogP contribution in [0.25, 0.3) is 21.5 Å². The molecule has 6 aromatic carbocycles. The smallest absolute Gasteiger partial charge is 0.296 e. The number of azo groups is 2. The molecule has 9 aromatic rings. The van der Waals surface area contributed by atoms with Crippen LogP contribution in [0, 0.1) is 0 Å². The zero-order valence-electron chi connectivity index (χ0n) is 56.9. The molecule has 0 fully saturated rings. The van der Waals surface area contributed by atoms with E-state index < -0.39 is 82.9 Å². The van der Waals surface area contributed by atoms with Gasteiger partial charge in [0.05, 0.1) is 69.5 Å². The van der Waals surface area contributed by atoms with Crippen LogP contribution in [0.2, 0.25) is 0 Å². The number of hydrogen-bond acceptors (Lipinski definition) is 30. The van der Waals surface area contributed by atoms with E-state index in [0.717, 1.165) is 56.0 Å². The third-order valence-corrected chi connectivity index (χ3v) is 18.0. The normalized spacial score (nSPS) is 14.4. The number of benzene rings is 6. The van der Waals surface area contributed by atoms with Crippen molar-refractivity contribution in [2.75, 3.05) is 63.0 Å². The Labute approximate surface area is 597 Å². The molecule has 45 heteroatoms. The van der Waals surface area contributed by atoms with E-state index in [0.29, 0.717) is 24.3 Å². The van der Waals surface area contributed by atoms with E-state index in [-0.39, 0.29) is 146 Å². The summed E-state index contributed by atoms with van der Waals surface area (Å²) >= 11 is 0. The summed E-state index contributed by atoms with van der Waals surface area (Å²) in [7, 11) is -20.6. The summed E-state index contributed by atoms with van der Waals surface area (Å²) in [6, 6.07) is 15.6. The molecular formula is C60H77N27O14S4. The van der Waals surface area contributed by atoms with Crippen LogP contribution in [0.4, 0.5) is 57.4 Å². The largest absolute Gasteiger partial charge is 0.505 e. The van der Waals surface area contributed by atoms with Crippen LogP contribution in [0.3, 0.4) is 0 Å². The van der Waals surface area contributed by atoms with E-state index in [1.54, 1.807) is 27.7 Å². The van der Waals surface area contributed by atoms with Gasteiger partial charge >= 0.3 is 0 Å². The molecule has 0 aliphatic carbocycles. The fourth-order valence-electron chi connectivity index (χ4n) is 9.72. The number of aromatic amines is 7. The number of nitrogens with zero attached hydrogens (tertiary/aromatic N) is 14. The highest BCUT2D eigenvalue weighted by atomic mass is 32.2. The van der Waals surface area contributed by atoms with Gasteiger partial charge in [-0.25, -0.2) is 15.0 Å². The molecule has 3 heterocycles. The lowest BCUT2D eigenvalue weighted by Gasteiger charge is -2.16. The maximum Gasteiger partial charge on any atom is 0.296 e. The van der Waals surface area contributed by atoms with Gasteiger partial charge in [0.1, 0.15) is 21.2 Å². The van der Waals surface area contributed by atoms with Gasteiger partial charge in [-0.05, 0) is 149 Å². The molecule has 23 N–H and O–H groups in total. The fraction of sp³-hybridized carbons (Fsp3) is 0.317. The van der Waals surface area contributed by atoms with E-state index in [2.05, 4.69) is 116 Å². The molecule has 0 bridgehead atoms. The monoisotopic (exact) mass is 1530 g/mol. The highest BCUT2D eigenvalue weighted by molar-refractivity contribution is 7.86. The number of aromatic nitrogens is 9. The first kappa shape index (κ1) is 78.4. The number of anilines is 4. The van der Waals surface area contributed by atoms with Crippen molar-refractivity contribution in [3.63, 3.8) is 0 Å². The average Bonchev–Trinajstić information content (AvgIpc) is 0.753. The molecule has 4 unspecified atom stereocenters. The van der Waals surface area contributed by atoms with E-state index in [1.165, 1.54) is 48.5 Å². The lowest BCUT2D eigenvalue weighted by atomic mass is 10.1. The molecule has 4 atom stereocenters. The molecule has 0 aliphatic rings. The maximum absolute atomic E-state index is 13.0. The predicted octanol–water partition coefficient (Wildman–Crippen LogP) is 2.88. The number of aromatic hydroxyl groups is 2. The summed E-state index contributed by atoms with van der Waals surface area (Å²) in [6.45, 7) is 14.2. The molecule has 105 heavy (non-hydrogen) atoms. The highest BCUT2D eigenvalue weighted by Crippen LogP contribution is 2.48. The summed E-state index contributed by atoms with van der Waals surface area (Å²) in [6.07, 6.45) is 0.665. The van der Waals surface area contributed by atoms with Crippen LogP contribution in [0.1, 0.15) is 48.0 Å². The third-order valence-electron chi connectivity index (χ3n) is 14.6. The lowest BCUT2D eigenvalue weighted by molar-refractivity contribution is 0.301. The van der Waals surface area contributed by atoms with Crippen LogP contribution in [0.15, 0.2) is 160 Å². The van der Waals surface area contributed by atoms with Crippen molar-refractivity contribution in [3.05, 3.63) is 124 Å². The zero-order chi connectivity index (χ0) is 76.3. The number of H-pyrrole nitrogens is 7. The second kappa shape index (κ2) is 33.4. The second-order valence-electron chi connectivity index (χ2n) is 23.8. The molecule has 9 rings (SSSR count). The van der Waals surface area contributed by atoms with Gasteiger partial charge in [0.2, 0.25) is 45.6 Å². The average molecular weight is 1530 g/mol. The Bertz CT molecular complexity index is 5400. The van der Waals surface area contributed by atoms with Gasteiger partial charge in [-0.15, -0.1) is 10.2 Å². The number of hydrogen-bond donors (Lipinski definition) is 19. The van der Waals surface area contributed by atoms with Gasteiger partial charge in [-0.3, -0.25) is 73.1 Å². The summed E-state index contributed by atoms with van der Waals surface area (Å²) in [5.41, 5.74) is 22.5. The Morgan fingerprint density at radius 3 is 1.11 bits per heavy atom. The molecule has 0 aliphatic heterocycles. The number of nitrogens with one attached hydrogen (secondary N) is 9. The van der Waals surface area contributed by atoms with E-state index in [4.69, 9.17) is 22.9 Å². The molecule has 0 amide bonds. The number of phenols is 2. The molecule has 0 spiro atoms. The van der Waals surface area contributed by atoms with Crippen molar-refractivity contribution < 1.29 is 62.1 Å². The minimum atomic E-state index is -5.27. The summed E-state index contributed by atoms with van der Waals surface area (Å²) in [4.78, 5) is 59.3. The van der Waals surface area contributed by atoms with Crippen LogP contribution >= 0.6 is 0 Å². The van der Waals surface area contributed by atoms with Crippen LogP contribution in [0.5, 0.6) is 11.5 Å². The molecule has 0 saturated carbocycles. The van der Waals surface area contributed by atoms with Crippen molar-refractivity contribution in [2.45, 2.75) is 91.7 Å². The molecular weight excluding hydrogens is 1450 g/mol. The first-order valence-electron chi connectivity index (χ1n) is 31.9. The van der Waals surface area contributed by atoms with Gasteiger partial charge in [-0.2, -0.15) is 53.9 Å². The minimum Gasteiger partial charge on any atom is -0.505 e. The lowest BCUT2D eigenvalue weighted by Crippen LogP contribution is -2.38. The van der Waals surface area contributed by atoms with E-state index in [9.17, 15) is 62.1 Å². The zero-order valence-corrected chi connectivity index (χ0v) is 60.2. The van der Waals surface area contributed by atoms with Gasteiger partial charge < -0.3 is 48.7 Å². The topological polar surface area (TPSA) is 662 Å². The van der Waals surface area contributed by atoms with Crippen LogP contribution < -0.4 is 72.9 Å². The minimum absolute atomic E-state index is 0.0564. The summed E-state index contributed by atoms with van der Waals surface area (Å²) < 4.78 is 144. The van der Waals surface area contributed by atoms with Crippen molar-refractivity contribution >= 4 is 119 Å². The Balaban J connectivity index is 1.04. The summed E-state index contributed by atoms with van der Waals surface area (Å²) in [5, 5.41) is 45.3. The molecule has 3 aromatic heterocycles. The first-order valence-corrected chi connectivity index (χ1v) is 37.6. The maximum atomic E-state index is 13.0. The van der Waals surface area contributed by atoms with Gasteiger partial charge in [0, 0.05) is 42.1 Å². The van der Waals surface area contributed by atoms with Gasteiger partial charge in [0.15, 0.2) is 11.5 Å². The molecule has 41 nitrogen and oxygen atoms in total. The number of phenolic OH excluding ortho intramolecular Hbond substituents is 2. The second-order valence-corrected chi connectivity index (χ2v) is 29.4. The highest BCUT2D eigenvalue weighted by Gasteiger charge is 2.28. The van der Waals surface area contributed by atoms with E-state index >= 15 is 0 Å². The van der Waals surface area contributed by atoms with Crippen molar-refractivity contribution in [3.8, 4) is 11.5 Å². The quantitative estimate of drug-likeness (QED) is 0.0190. The Morgan fingerprint density at radius 2 is 0.800 bits per heavy atom. The van der Waals surface area contributed by atoms with Crippen molar-refractivity contribution in [1.29, 1.82) is 0 Å².